The molecule has 0 spiro atoms. The van der Waals surface area contributed by atoms with Crippen LogP contribution in [0.2, 0.25) is 0 Å². The lowest BCUT2D eigenvalue weighted by molar-refractivity contribution is 0.0978. The van der Waals surface area contributed by atoms with Crippen LogP contribution in [0.25, 0.3) is 0 Å². The molecule has 118 valence electrons. The monoisotopic (exact) mass is 292 g/mol. The van der Waals surface area contributed by atoms with Gasteiger partial charge in [-0.05, 0) is 37.5 Å². The van der Waals surface area contributed by atoms with E-state index in [1.165, 1.54) is 0 Å². The summed E-state index contributed by atoms with van der Waals surface area (Å²) in [5.74, 6) is 1.61. The third-order valence-corrected chi connectivity index (χ3v) is 3.20. The number of carbonyl (C=O) groups is 1. The van der Waals surface area contributed by atoms with Gasteiger partial charge < -0.3 is 9.47 Å². The summed E-state index contributed by atoms with van der Waals surface area (Å²) in [5.41, 5.74) is 0.723. The van der Waals surface area contributed by atoms with Crippen molar-refractivity contribution in [2.45, 2.75) is 59.3 Å². The number of rotatable bonds is 11. The first-order chi connectivity index (χ1) is 10.2. The van der Waals surface area contributed by atoms with Crippen molar-refractivity contribution in [2.75, 3.05) is 13.2 Å². The second-order valence-electron chi connectivity index (χ2n) is 5.24. The molecule has 0 amide bonds. The van der Waals surface area contributed by atoms with Crippen molar-refractivity contribution in [1.82, 2.24) is 0 Å². The number of hydrogen-bond donors (Lipinski definition) is 0. The van der Waals surface area contributed by atoms with E-state index in [9.17, 15) is 4.79 Å². The van der Waals surface area contributed by atoms with E-state index in [2.05, 4.69) is 20.8 Å². The van der Waals surface area contributed by atoms with Crippen molar-refractivity contribution in [3.8, 4) is 11.5 Å². The number of ether oxygens (including phenoxy) is 2. The zero-order valence-electron chi connectivity index (χ0n) is 13.6. The molecule has 0 aromatic heterocycles. The molecule has 0 aliphatic carbocycles. The van der Waals surface area contributed by atoms with E-state index < -0.39 is 0 Å². The predicted octanol–water partition coefficient (Wildman–Crippen LogP) is 5.03. The molecule has 0 fully saturated rings. The third kappa shape index (κ3) is 6.19. The summed E-state index contributed by atoms with van der Waals surface area (Å²) in [5, 5.41) is 0. The average Bonchev–Trinajstić information content (AvgIpc) is 2.51. The van der Waals surface area contributed by atoms with Crippen LogP contribution in [-0.4, -0.2) is 19.0 Å². The summed E-state index contributed by atoms with van der Waals surface area (Å²) in [6, 6.07) is 5.53. The van der Waals surface area contributed by atoms with Gasteiger partial charge in [0.1, 0.15) is 0 Å². The van der Waals surface area contributed by atoms with Gasteiger partial charge in [0.2, 0.25) is 0 Å². The SMILES string of the molecule is CCCCCC(=O)c1ccc(OCCC)c(OCCC)c1. The minimum absolute atomic E-state index is 0.187. The lowest BCUT2D eigenvalue weighted by Crippen LogP contribution is -2.04. The van der Waals surface area contributed by atoms with Crippen molar-refractivity contribution in [2.24, 2.45) is 0 Å². The third-order valence-electron chi connectivity index (χ3n) is 3.20. The standard InChI is InChI=1S/C18H28O3/c1-4-7-8-9-16(19)15-10-11-17(20-12-5-2)18(14-15)21-13-6-3/h10-11,14H,4-9,12-13H2,1-3H3. The Kier molecular flexibility index (Phi) is 8.56. The summed E-state index contributed by atoms with van der Waals surface area (Å²) in [6.45, 7) is 7.56. The van der Waals surface area contributed by atoms with Crippen LogP contribution < -0.4 is 9.47 Å². The maximum absolute atomic E-state index is 12.2. The fourth-order valence-electron chi connectivity index (χ4n) is 2.02. The molecule has 0 atom stereocenters. The van der Waals surface area contributed by atoms with E-state index in [1.807, 2.05) is 18.2 Å². The summed E-state index contributed by atoms with van der Waals surface area (Å²) in [4.78, 5) is 12.2. The Hall–Kier alpha value is -1.51. The first kappa shape index (κ1) is 17.5. The quantitative estimate of drug-likeness (QED) is 0.424. The lowest BCUT2D eigenvalue weighted by atomic mass is 10.0. The molecule has 0 aliphatic heterocycles. The smallest absolute Gasteiger partial charge is 0.163 e. The first-order valence-corrected chi connectivity index (χ1v) is 8.15. The molecule has 3 nitrogen and oxygen atoms in total. The number of Topliss-reactive ketones (excluding diaryl/α,β-unsaturated/α-hetero) is 1. The van der Waals surface area contributed by atoms with Gasteiger partial charge >= 0.3 is 0 Å². The summed E-state index contributed by atoms with van der Waals surface area (Å²) >= 11 is 0. The molecule has 0 aliphatic rings. The van der Waals surface area contributed by atoms with Crippen LogP contribution in [0.4, 0.5) is 0 Å². The van der Waals surface area contributed by atoms with Crippen molar-refractivity contribution in [3.05, 3.63) is 23.8 Å². The Morgan fingerprint density at radius 2 is 1.57 bits per heavy atom. The predicted molar refractivity (Wildman–Crippen MR) is 86.5 cm³/mol. The highest BCUT2D eigenvalue weighted by Gasteiger charge is 2.11. The summed E-state index contributed by atoms with van der Waals surface area (Å²) in [6.07, 6.45) is 5.67. The van der Waals surface area contributed by atoms with Crippen LogP contribution >= 0.6 is 0 Å². The van der Waals surface area contributed by atoms with Gasteiger partial charge in [0, 0.05) is 12.0 Å². The van der Waals surface area contributed by atoms with Crippen LogP contribution in [0.15, 0.2) is 18.2 Å². The lowest BCUT2D eigenvalue weighted by Gasteiger charge is -2.13. The van der Waals surface area contributed by atoms with Crippen molar-refractivity contribution >= 4 is 5.78 Å². The van der Waals surface area contributed by atoms with Gasteiger partial charge in [-0.3, -0.25) is 4.79 Å². The highest BCUT2D eigenvalue weighted by molar-refractivity contribution is 5.96. The van der Waals surface area contributed by atoms with E-state index in [4.69, 9.17) is 9.47 Å². The summed E-state index contributed by atoms with van der Waals surface area (Å²) in [7, 11) is 0. The number of benzene rings is 1. The van der Waals surface area contributed by atoms with Gasteiger partial charge in [-0.15, -0.1) is 0 Å². The summed E-state index contributed by atoms with van der Waals surface area (Å²) < 4.78 is 11.4. The molecule has 1 aromatic rings. The number of unbranched alkanes of at least 4 members (excludes halogenated alkanes) is 2. The Bertz CT molecular complexity index is 426. The molecule has 21 heavy (non-hydrogen) atoms. The molecular formula is C18H28O3. The van der Waals surface area contributed by atoms with Gasteiger partial charge in [0.05, 0.1) is 13.2 Å². The normalized spacial score (nSPS) is 10.4. The zero-order valence-corrected chi connectivity index (χ0v) is 13.6. The molecular weight excluding hydrogens is 264 g/mol. The molecule has 0 saturated heterocycles. The number of hydrogen-bond acceptors (Lipinski definition) is 3. The Labute approximate surface area is 128 Å². The van der Waals surface area contributed by atoms with E-state index in [1.54, 1.807) is 0 Å². The van der Waals surface area contributed by atoms with Gasteiger partial charge in [0.25, 0.3) is 0 Å². The van der Waals surface area contributed by atoms with Crippen LogP contribution in [-0.2, 0) is 0 Å². The molecule has 0 bridgehead atoms. The van der Waals surface area contributed by atoms with E-state index in [0.717, 1.165) is 43.4 Å². The number of carbonyl (C=O) groups excluding carboxylic acids is 1. The van der Waals surface area contributed by atoms with Crippen LogP contribution in [0.3, 0.4) is 0 Å². The highest BCUT2D eigenvalue weighted by Crippen LogP contribution is 2.29. The minimum atomic E-state index is 0.187. The Morgan fingerprint density at radius 3 is 2.19 bits per heavy atom. The Morgan fingerprint density at radius 1 is 0.905 bits per heavy atom. The van der Waals surface area contributed by atoms with Gasteiger partial charge in [-0.2, -0.15) is 0 Å². The molecule has 1 aromatic carbocycles. The average molecular weight is 292 g/mol. The topological polar surface area (TPSA) is 35.5 Å². The molecule has 1 rings (SSSR count). The molecule has 0 saturated carbocycles. The van der Waals surface area contributed by atoms with Crippen molar-refractivity contribution in [3.63, 3.8) is 0 Å². The van der Waals surface area contributed by atoms with E-state index in [-0.39, 0.29) is 5.78 Å². The molecule has 0 heterocycles. The van der Waals surface area contributed by atoms with Gasteiger partial charge in [-0.25, -0.2) is 0 Å². The fourth-order valence-corrected chi connectivity index (χ4v) is 2.02. The minimum Gasteiger partial charge on any atom is -0.490 e. The highest BCUT2D eigenvalue weighted by atomic mass is 16.5. The zero-order chi connectivity index (χ0) is 15.5. The molecule has 0 N–H and O–H groups in total. The maximum Gasteiger partial charge on any atom is 0.163 e. The van der Waals surface area contributed by atoms with Crippen LogP contribution in [0.1, 0.15) is 69.7 Å². The van der Waals surface area contributed by atoms with Crippen molar-refractivity contribution in [1.29, 1.82) is 0 Å². The van der Waals surface area contributed by atoms with Crippen LogP contribution in [0.5, 0.6) is 11.5 Å². The fraction of sp³-hybridized carbons (Fsp3) is 0.611. The Balaban J connectivity index is 2.78. The van der Waals surface area contributed by atoms with Gasteiger partial charge in [0.15, 0.2) is 17.3 Å². The molecule has 0 unspecified atom stereocenters. The number of ketones is 1. The largest absolute Gasteiger partial charge is 0.490 e. The van der Waals surface area contributed by atoms with Gasteiger partial charge in [-0.1, -0.05) is 33.6 Å². The molecule has 0 radical (unpaired) electrons. The second-order valence-corrected chi connectivity index (χ2v) is 5.24. The molecule has 3 heteroatoms. The second kappa shape index (κ2) is 10.3. The van der Waals surface area contributed by atoms with Crippen LogP contribution in [0, 0.1) is 0 Å². The van der Waals surface area contributed by atoms with E-state index in [0.29, 0.717) is 25.4 Å². The first-order valence-electron chi connectivity index (χ1n) is 8.15. The van der Waals surface area contributed by atoms with Crippen molar-refractivity contribution < 1.29 is 14.3 Å². The van der Waals surface area contributed by atoms with E-state index >= 15 is 0 Å². The maximum atomic E-state index is 12.2.